The number of rotatable bonds is 11. The van der Waals surface area contributed by atoms with Crippen LogP contribution in [0.4, 0.5) is 0 Å². The Hall–Kier alpha value is -0.940. The second-order valence-corrected chi connectivity index (χ2v) is 22.2. The zero-order valence-electron chi connectivity index (χ0n) is 38.3. The average Bonchev–Trinajstić information content (AvgIpc) is 3.59. The molecule has 3 aliphatic heterocycles. The topological polar surface area (TPSA) is 278 Å². The third kappa shape index (κ3) is 8.53. The van der Waals surface area contributed by atoms with Crippen molar-refractivity contribution >= 4 is 0 Å². The molecule has 0 unspecified atom stereocenters. The molecule has 0 amide bonds. The van der Waals surface area contributed by atoms with Crippen LogP contribution in [0.25, 0.3) is 0 Å². The number of allylic oxidation sites excluding steroid dienone is 2. The third-order valence-electron chi connectivity index (χ3n) is 17.9. The van der Waals surface area contributed by atoms with Gasteiger partial charge in [0.25, 0.3) is 0 Å². The Kier molecular flexibility index (Phi) is 14.4. The van der Waals surface area contributed by atoms with Gasteiger partial charge in [-0.05, 0) is 117 Å². The molecular formula is C46H78O17. The summed E-state index contributed by atoms with van der Waals surface area (Å²) in [6.45, 7) is 15.7. The van der Waals surface area contributed by atoms with Crippen LogP contribution in [-0.2, 0) is 28.4 Å². The predicted octanol–water partition coefficient (Wildman–Crippen LogP) is 0.222. The van der Waals surface area contributed by atoms with Crippen molar-refractivity contribution in [2.24, 2.45) is 45.3 Å². The molecule has 63 heavy (non-hydrogen) atoms. The van der Waals surface area contributed by atoms with E-state index in [1.807, 2.05) is 20.8 Å². The fourth-order valence-electron chi connectivity index (χ4n) is 14.3. The van der Waals surface area contributed by atoms with Crippen LogP contribution in [0.3, 0.4) is 0 Å². The summed E-state index contributed by atoms with van der Waals surface area (Å²) in [7, 11) is 0. The quantitative estimate of drug-likeness (QED) is 0.124. The summed E-state index contributed by atoms with van der Waals surface area (Å²) >= 11 is 0. The lowest BCUT2D eigenvalue weighted by molar-refractivity contribution is -0.353. The van der Waals surface area contributed by atoms with E-state index in [0.717, 1.165) is 18.4 Å². The van der Waals surface area contributed by atoms with E-state index in [2.05, 4.69) is 40.7 Å². The molecule has 7 rings (SSSR count). The Bertz CT molecular complexity index is 1610. The largest absolute Gasteiger partial charge is 0.393 e. The number of aliphatic hydroxyl groups excluding tert-OH is 11. The monoisotopic (exact) mass is 903 g/mol. The summed E-state index contributed by atoms with van der Waals surface area (Å²) in [4.78, 5) is 0. The van der Waals surface area contributed by atoms with Gasteiger partial charge in [0.05, 0.1) is 43.7 Å². The van der Waals surface area contributed by atoms with Gasteiger partial charge in [-0.2, -0.15) is 0 Å². The lowest BCUT2D eigenvalue weighted by atomic mass is 9.34. The van der Waals surface area contributed by atoms with Crippen LogP contribution < -0.4 is 0 Å². The second kappa shape index (κ2) is 18.2. The second-order valence-electron chi connectivity index (χ2n) is 22.2. The molecule has 0 aromatic carbocycles. The van der Waals surface area contributed by atoms with Crippen molar-refractivity contribution in [3.63, 3.8) is 0 Å². The van der Waals surface area contributed by atoms with Crippen molar-refractivity contribution in [1.82, 2.24) is 0 Å². The van der Waals surface area contributed by atoms with Crippen molar-refractivity contribution in [2.45, 2.75) is 211 Å². The van der Waals surface area contributed by atoms with Gasteiger partial charge < -0.3 is 84.6 Å². The number of fused-ring (bicyclic) bond motifs is 5. The molecule has 4 saturated carbocycles. The number of hydrogen-bond acceptors (Lipinski definition) is 17. The molecule has 7 fully saturated rings. The molecule has 0 bridgehead atoms. The Morgan fingerprint density at radius 2 is 1.35 bits per heavy atom. The molecule has 24 atom stereocenters. The standard InChI is InChI=1S/C46H78O17/c1-21(2)10-9-13-46(8,22-11-15-44(6)30(22)23(47)16-28-43(5)14-12-29(51)42(3,4)38(43)24(48)17-45(28,44)7)63-41-35(56)33(54)32(53)27(61-41)20-60-39-36(57)37(26(50)19-58-39)62-40-34(55)31(52)25(49)18-59-40/h10,22-41,47-57H,9,11-20H2,1-8H3/t22-,23+,24-,25+,26+,27+,28+,29-,30-,31-,32+,33-,34+,35+,36+,37-,38-,39-,40-,41-,43+,44+,45+,46-/m0/s1. The summed E-state index contributed by atoms with van der Waals surface area (Å²) < 4.78 is 35.5. The molecular weight excluding hydrogens is 824 g/mol. The average molecular weight is 903 g/mol. The summed E-state index contributed by atoms with van der Waals surface area (Å²) in [6.07, 6.45) is -14.7. The van der Waals surface area contributed by atoms with Gasteiger partial charge in [-0.3, -0.25) is 0 Å². The van der Waals surface area contributed by atoms with Gasteiger partial charge >= 0.3 is 0 Å². The van der Waals surface area contributed by atoms with E-state index >= 15 is 0 Å². The molecule has 0 aromatic heterocycles. The van der Waals surface area contributed by atoms with Crippen LogP contribution in [0.1, 0.15) is 107 Å². The SMILES string of the molecule is CC(C)=CCC[C@](C)(O[C@@H]1O[C@H](CO[C@@H]2OC[C@@H](O)[C@H](O[C@@H]3OC[C@@H](O)[C@H](O)[C@H]3O)[C@H]2O)[C@@H](O)[C@H](O)[C@H]1O)[C@H]1CC[C@]2(C)[C@@H]1[C@H](O)C[C@@H]1[C@@]3(C)CC[C@H](O)C(C)(C)[C@@H]3[C@@H](O)C[C@]12C. The first-order chi connectivity index (χ1) is 29.3. The molecule has 11 N–H and O–H groups in total. The van der Waals surface area contributed by atoms with Gasteiger partial charge in [0.15, 0.2) is 18.9 Å². The highest BCUT2D eigenvalue weighted by atomic mass is 16.7. The molecule has 17 nitrogen and oxygen atoms in total. The molecule has 7 aliphatic rings. The fourth-order valence-corrected chi connectivity index (χ4v) is 14.3. The third-order valence-corrected chi connectivity index (χ3v) is 17.9. The lowest BCUT2D eigenvalue weighted by Crippen LogP contribution is -2.70. The first-order valence-corrected chi connectivity index (χ1v) is 23.3. The highest BCUT2D eigenvalue weighted by Crippen LogP contribution is 2.76. The Morgan fingerprint density at radius 1 is 0.698 bits per heavy atom. The van der Waals surface area contributed by atoms with Crippen LogP contribution in [0, 0.1) is 45.3 Å². The van der Waals surface area contributed by atoms with E-state index in [4.69, 9.17) is 28.4 Å². The molecule has 0 spiro atoms. The molecule has 4 aliphatic carbocycles. The number of hydrogen-bond donors (Lipinski definition) is 11. The van der Waals surface area contributed by atoms with Gasteiger partial charge in [-0.25, -0.2) is 0 Å². The number of ether oxygens (including phenoxy) is 6. The minimum atomic E-state index is -1.73. The molecule has 17 heteroatoms. The summed E-state index contributed by atoms with van der Waals surface area (Å²) in [5.74, 6) is -0.551. The maximum atomic E-state index is 12.5. The van der Waals surface area contributed by atoms with Crippen LogP contribution in [0.2, 0.25) is 0 Å². The van der Waals surface area contributed by atoms with Gasteiger partial charge in [0.1, 0.15) is 61.0 Å². The first-order valence-electron chi connectivity index (χ1n) is 23.3. The van der Waals surface area contributed by atoms with Crippen LogP contribution in [0.5, 0.6) is 0 Å². The molecule has 3 saturated heterocycles. The van der Waals surface area contributed by atoms with E-state index in [1.165, 1.54) is 0 Å². The van der Waals surface area contributed by atoms with Gasteiger partial charge in [-0.15, -0.1) is 0 Å². The summed E-state index contributed by atoms with van der Waals surface area (Å²) in [5.41, 5.74) is -1.52. The van der Waals surface area contributed by atoms with Gasteiger partial charge in [0, 0.05) is 0 Å². The van der Waals surface area contributed by atoms with E-state index in [9.17, 15) is 56.2 Å². The van der Waals surface area contributed by atoms with Crippen LogP contribution >= 0.6 is 0 Å². The summed E-state index contributed by atoms with van der Waals surface area (Å²) in [6, 6.07) is 0. The fraction of sp³-hybridized carbons (Fsp3) is 0.957. The van der Waals surface area contributed by atoms with Gasteiger partial charge in [-0.1, -0.05) is 46.3 Å². The lowest BCUT2D eigenvalue weighted by Gasteiger charge is -2.71. The van der Waals surface area contributed by atoms with E-state index in [-0.39, 0.29) is 47.7 Å². The normalized spacial score (nSPS) is 53.1. The molecule has 3 heterocycles. The smallest absolute Gasteiger partial charge is 0.187 e. The van der Waals surface area contributed by atoms with Crippen molar-refractivity contribution < 1.29 is 84.6 Å². The number of aliphatic hydroxyl groups is 11. The van der Waals surface area contributed by atoms with Crippen LogP contribution in [-0.4, -0.2) is 180 Å². The minimum Gasteiger partial charge on any atom is -0.393 e. The Morgan fingerprint density at radius 3 is 2.03 bits per heavy atom. The zero-order chi connectivity index (χ0) is 46.4. The van der Waals surface area contributed by atoms with Crippen molar-refractivity contribution in [3.8, 4) is 0 Å². The highest BCUT2D eigenvalue weighted by molar-refractivity contribution is 5.22. The maximum absolute atomic E-state index is 12.5. The van der Waals surface area contributed by atoms with Crippen molar-refractivity contribution in [3.05, 3.63) is 11.6 Å². The predicted molar refractivity (Wildman–Crippen MR) is 223 cm³/mol. The highest BCUT2D eigenvalue weighted by Gasteiger charge is 2.73. The zero-order valence-corrected chi connectivity index (χ0v) is 38.3. The molecule has 0 aromatic rings. The minimum absolute atomic E-state index is 0.0878. The van der Waals surface area contributed by atoms with E-state index in [0.29, 0.717) is 38.5 Å². The van der Waals surface area contributed by atoms with E-state index < -0.39 is 121 Å². The first kappa shape index (κ1) is 50.0. The van der Waals surface area contributed by atoms with Crippen molar-refractivity contribution in [2.75, 3.05) is 19.8 Å². The van der Waals surface area contributed by atoms with Crippen LogP contribution in [0.15, 0.2) is 11.6 Å². The van der Waals surface area contributed by atoms with Gasteiger partial charge in [0.2, 0.25) is 0 Å². The molecule has 364 valence electrons. The van der Waals surface area contributed by atoms with E-state index in [1.54, 1.807) is 0 Å². The Balaban J connectivity index is 1.10. The molecule has 0 radical (unpaired) electrons. The summed E-state index contributed by atoms with van der Waals surface area (Å²) in [5, 5.41) is 122. The maximum Gasteiger partial charge on any atom is 0.187 e. The Labute approximate surface area is 371 Å². The van der Waals surface area contributed by atoms with Crippen molar-refractivity contribution in [1.29, 1.82) is 0 Å².